The van der Waals surface area contributed by atoms with E-state index < -0.39 is 20.7 Å². The van der Waals surface area contributed by atoms with E-state index in [1.165, 1.54) is 18.2 Å². The Kier molecular flexibility index (Phi) is 4.82. The zero-order valence-corrected chi connectivity index (χ0v) is 13.5. The van der Waals surface area contributed by atoms with Crippen LogP contribution >= 0.6 is 0 Å². The van der Waals surface area contributed by atoms with Gasteiger partial charge >= 0.3 is 0 Å². The number of allylic oxidation sites excluding steroid dienone is 1. The van der Waals surface area contributed by atoms with E-state index in [2.05, 4.69) is 4.72 Å². The smallest absolute Gasteiger partial charge is 0.272 e. The summed E-state index contributed by atoms with van der Waals surface area (Å²) in [6.07, 6.45) is 1.33. The number of halogens is 1. The van der Waals surface area contributed by atoms with Gasteiger partial charge in [-0.15, -0.1) is 0 Å². The highest BCUT2D eigenvalue weighted by atomic mass is 32.2. The first-order valence-corrected chi connectivity index (χ1v) is 8.27. The van der Waals surface area contributed by atoms with Gasteiger partial charge in [-0.05, 0) is 55.3 Å². The first-order valence-electron chi connectivity index (χ1n) is 6.79. The Hall–Kier alpha value is -2.65. The molecule has 0 fully saturated rings. The van der Waals surface area contributed by atoms with Crippen molar-refractivity contribution >= 4 is 21.8 Å². The number of hydrogen-bond donors (Lipinski definition) is 1. The first kappa shape index (κ1) is 16.7. The molecule has 23 heavy (non-hydrogen) atoms. The van der Waals surface area contributed by atoms with E-state index in [-0.39, 0.29) is 5.69 Å². The largest absolute Gasteiger partial charge is 0.279 e. The highest BCUT2D eigenvalue weighted by molar-refractivity contribution is 7.96. The second-order valence-electron chi connectivity index (χ2n) is 5.09. The highest BCUT2D eigenvalue weighted by Gasteiger charge is 2.18. The second kappa shape index (κ2) is 6.63. The molecule has 0 spiro atoms. The number of nitriles is 1. The zero-order chi connectivity index (χ0) is 17.0. The van der Waals surface area contributed by atoms with Gasteiger partial charge in [-0.25, -0.2) is 12.8 Å². The van der Waals surface area contributed by atoms with Crippen LogP contribution in [-0.2, 0) is 10.0 Å². The molecule has 0 saturated heterocycles. The number of sulfonamides is 1. The second-order valence-corrected chi connectivity index (χ2v) is 6.74. The lowest BCUT2D eigenvalue weighted by Gasteiger charge is -2.08. The number of nitrogens with one attached hydrogen (secondary N) is 1. The summed E-state index contributed by atoms with van der Waals surface area (Å²) in [7, 11) is -4.04. The molecule has 0 bridgehead atoms. The van der Waals surface area contributed by atoms with Crippen LogP contribution in [0.1, 0.15) is 16.7 Å². The normalized spacial score (nSPS) is 11.8. The van der Waals surface area contributed by atoms with Gasteiger partial charge in [0.15, 0.2) is 4.91 Å². The van der Waals surface area contributed by atoms with Crippen LogP contribution in [0, 0.1) is 31.0 Å². The van der Waals surface area contributed by atoms with Gasteiger partial charge in [0.2, 0.25) is 0 Å². The fourth-order valence-corrected chi connectivity index (χ4v) is 2.91. The predicted octanol–water partition coefficient (Wildman–Crippen LogP) is 3.75. The molecule has 2 aromatic carbocycles. The number of hydrogen-bond acceptors (Lipinski definition) is 3. The molecule has 118 valence electrons. The van der Waals surface area contributed by atoms with E-state index >= 15 is 0 Å². The lowest BCUT2D eigenvalue weighted by molar-refractivity contribution is 0.608. The molecule has 6 heteroatoms. The van der Waals surface area contributed by atoms with E-state index in [0.29, 0.717) is 5.56 Å². The summed E-state index contributed by atoms with van der Waals surface area (Å²) in [6.45, 7) is 3.72. The Balaban J connectivity index is 2.39. The minimum Gasteiger partial charge on any atom is -0.279 e. The summed E-state index contributed by atoms with van der Waals surface area (Å²) < 4.78 is 39.8. The van der Waals surface area contributed by atoms with Crippen LogP contribution in [0.5, 0.6) is 0 Å². The van der Waals surface area contributed by atoms with Gasteiger partial charge in [-0.3, -0.25) is 4.72 Å². The van der Waals surface area contributed by atoms with Crippen molar-refractivity contribution in [3.63, 3.8) is 0 Å². The molecule has 0 heterocycles. The Bertz CT molecular complexity index is 895. The molecule has 0 amide bonds. The molecular weight excluding hydrogens is 315 g/mol. The summed E-state index contributed by atoms with van der Waals surface area (Å²) in [6, 6.07) is 12.1. The average molecular weight is 330 g/mol. The Morgan fingerprint density at radius 1 is 1.17 bits per heavy atom. The van der Waals surface area contributed by atoms with Crippen molar-refractivity contribution in [2.45, 2.75) is 13.8 Å². The molecule has 0 atom stereocenters. The maximum Gasteiger partial charge on any atom is 0.272 e. The summed E-state index contributed by atoms with van der Waals surface area (Å²) in [5.41, 5.74) is 2.67. The van der Waals surface area contributed by atoms with Crippen molar-refractivity contribution in [2.75, 3.05) is 4.72 Å². The van der Waals surface area contributed by atoms with E-state index in [0.717, 1.165) is 23.3 Å². The minimum atomic E-state index is -4.04. The van der Waals surface area contributed by atoms with Gasteiger partial charge in [-0.2, -0.15) is 5.26 Å². The fraction of sp³-hybridized carbons (Fsp3) is 0.118. The van der Waals surface area contributed by atoms with Crippen molar-refractivity contribution in [3.8, 4) is 6.07 Å². The van der Waals surface area contributed by atoms with E-state index in [4.69, 9.17) is 0 Å². The van der Waals surface area contributed by atoms with Crippen molar-refractivity contribution in [2.24, 2.45) is 0 Å². The molecule has 4 nitrogen and oxygen atoms in total. The van der Waals surface area contributed by atoms with Gasteiger partial charge in [0.1, 0.15) is 11.9 Å². The molecule has 0 aliphatic heterocycles. The molecule has 0 aromatic heterocycles. The van der Waals surface area contributed by atoms with Crippen LogP contribution in [0.4, 0.5) is 10.1 Å². The Morgan fingerprint density at radius 3 is 2.43 bits per heavy atom. The number of aryl methyl sites for hydroxylation is 2. The molecule has 0 saturated carbocycles. The summed E-state index contributed by atoms with van der Waals surface area (Å²) in [5.74, 6) is -0.473. The minimum absolute atomic E-state index is 0.188. The lowest BCUT2D eigenvalue weighted by atomic mass is 10.1. The average Bonchev–Trinajstić information content (AvgIpc) is 2.50. The summed E-state index contributed by atoms with van der Waals surface area (Å²) in [5, 5.41) is 9.21. The van der Waals surface area contributed by atoms with Gasteiger partial charge < -0.3 is 0 Å². The summed E-state index contributed by atoms with van der Waals surface area (Å²) in [4.78, 5) is -0.407. The van der Waals surface area contributed by atoms with Gasteiger partial charge in [-0.1, -0.05) is 23.8 Å². The predicted molar refractivity (Wildman–Crippen MR) is 88.4 cm³/mol. The van der Waals surface area contributed by atoms with E-state index in [1.54, 1.807) is 12.1 Å². The molecule has 0 radical (unpaired) electrons. The number of benzene rings is 2. The van der Waals surface area contributed by atoms with Crippen molar-refractivity contribution in [1.29, 1.82) is 5.26 Å². The number of nitrogens with zero attached hydrogens (tertiary/aromatic N) is 1. The highest BCUT2D eigenvalue weighted by Crippen LogP contribution is 2.19. The van der Waals surface area contributed by atoms with Crippen LogP contribution in [0.25, 0.3) is 6.08 Å². The van der Waals surface area contributed by atoms with Crippen LogP contribution in [0.3, 0.4) is 0 Å². The third kappa shape index (κ3) is 4.18. The number of rotatable bonds is 4. The molecule has 0 aliphatic rings. The van der Waals surface area contributed by atoms with Crippen LogP contribution in [0.2, 0.25) is 0 Å². The van der Waals surface area contributed by atoms with Crippen LogP contribution < -0.4 is 4.72 Å². The molecule has 0 aliphatic carbocycles. The van der Waals surface area contributed by atoms with E-state index in [1.807, 2.05) is 26.0 Å². The fourth-order valence-electron chi connectivity index (χ4n) is 1.95. The summed E-state index contributed by atoms with van der Waals surface area (Å²) >= 11 is 0. The maximum absolute atomic E-state index is 12.9. The van der Waals surface area contributed by atoms with Crippen molar-refractivity contribution in [3.05, 3.63) is 69.9 Å². The molecule has 2 rings (SSSR count). The standard InChI is InChI=1S/C17H15FN2O2S/c1-12-3-4-13(2)14(9-12)10-17(11-19)23(21,22)20-16-7-5-15(18)6-8-16/h3-10,20H,1-2H3/b17-10+. The number of anilines is 1. The molecule has 2 aromatic rings. The Labute approximate surface area is 134 Å². The monoisotopic (exact) mass is 330 g/mol. The SMILES string of the molecule is Cc1ccc(C)c(/C=C(\C#N)S(=O)(=O)Nc2ccc(F)cc2)c1. The van der Waals surface area contributed by atoms with Gasteiger partial charge in [0.25, 0.3) is 10.0 Å². The zero-order valence-electron chi connectivity index (χ0n) is 12.7. The van der Waals surface area contributed by atoms with Crippen molar-refractivity contribution in [1.82, 2.24) is 0 Å². The molecule has 0 unspecified atom stereocenters. The molecular formula is C17H15FN2O2S. The lowest BCUT2D eigenvalue weighted by Crippen LogP contribution is -2.14. The maximum atomic E-state index is 12.9. The first-order chi connectivity index (χ1) is 10.8. The van der Waals surface area contributed by atoms with Gasteiger partial charge in [0, 0.05) is 5.69 Å². The topological polar surface area (TPSA) is 70.0 Å². The third-order valence-corrected chi connectivity index (χ3v) is 4.51. The van der Waals surface area contributed by atoms with E-state index in [9.17, 15) is 18.1 Å². The van der Waals surface area contributed by atoms with Crippen LogP contribution in [-0.4, -0.2) is 8.42 Å². The quantitative estimate of drug-likeness (QED) is 0.868. The van der Waals surface area contributed by atoms with Crippen LogP contribution in [0.15, 0.2) is 47.4 Å². The Morgan fingerprint density at radius 2 is 1.83 bits per heavy atom. The van der Waals surface area contributed by atoms with Gasteiger partial charge in [0.05, 0.1) is 0 Å². The third-order valence-electron chi connectivity index (χ3n) is 3.22. The van der Waals surface area contributed by atoms with Crippen molar-refractivity contribution < 1.29 is 12.8 Å². The molecule has 1 N–H and O–H groups in total.